The van der Waals surface area contributed by atoms with Crippen LogP contribution in [0.1, 0.15) is 15.2 Å². The van der Waals surface area contributed by atoms with Crippen molar-refractivity contribution in [2.75, 3.05) is 12.3 Å². The van der Waals surface area contributed by atoms with Crippen LogP contribution < -0.4 is 11.3 Å². The predicted molar refractivity (Wildman–Crippen MR) is 65.9 cm³/mol. The Morgan fingerprint density at radius 2 is 2.50 bits per heavy atom. The SMILES string of the molecule is [2H]C([2H])(O)C1C=CC(n2[13cH]nc3c(=O)[nH]c(N)nc32)C1. The second-order valence-electron chi connectivity index (χ2n) is 4.20. The molecular weight excluding hydrogens is 235 g/mol. The molecule has 2 atom stereocenters. The fourth-order valence-corrected chi connectivity index (χ4v) is 2.17. The largest absolute Gasteiger partial charge is 0.396 e. The topological polar surface area (TPSA) is 110 Å². The van der Waals surface area contributed by atoms with Gasteiger partial charge >= 0.3 is 0 Å². The lowest BCUT2D eigenvalue weighted by Crippen LogP contribution is -2.13. The summed E-state index contributed by atoms with van der Waals surface area (Å²) in [6.07, 6.45) is 5.21. The van der Waals surface area contributed by atoms with Crippen molar-refractivity contribution < 1.29 is 7.85 Å². The summed E-state index contributed by atoms with van der Waals surface area (Å²) in [5.74, 6) is -0.607. The fraction of sp³-hybridized carbons (Fsp3) is 0.364. The Morgan fingerprint density at radius 1 is 1.67 bits per heavy atom. The van der Waals surface area contributed by atoms with Crippen LogP contribution in [0.5, 0.6) is 0 Å². The number of hydrogen-bond acceptors (Lipinski definition) is 5. The Labute approximate surface area is 105 Å². The van der Waals surface area contributed by atoms with Crippen LogP contribution >= 0.6 is 0 Å². The number of imidazole rings is 1. The van der Waals surface area contributed by atoms with Crippen LogP contribution in [0, 0.1) is 5.92 Å². The smallest absolute Gasteiger partial charge is 0.280 e. The molecule has 2 aromatic heterocycles. The van der Waals surface area contributed by atoms with Crippen molar-refractivity contribution in [2.45, 2.75) is 12.5 Å². The highest BCUT2D eigenvalue weighted by molar-refractivity contribution is 5.70. The molecule has 18 heavy (non-hydrogen) atoms. The molecule has 2 heterocycles. The maximum atomic E-state index is 11.7. The second kappa shape index (κ2) is 3.95. The van der Waals surface area contributed by atoms with Gasteiger partial charge in [-0.05, 0) is 6.42 Å². The fourth-order valence-electron chi connectivity index (χ4n) is 2.17. The molecule has 3 rings (SSSR count). The Kier molecular flexibility index (Phi) is 1.95. The third-order valence-electron chi connectivity index (χ3n) is 3.03. The lowest BCUT2D eigenvalue weighted by Gasteiger charge is -2.12. The van der Waals surface area contributed by atoms with Gasteiger partial charge in [0, 0.05) is 12.5 Å². The maximum Gasteiger partial charge on any atom is 0.280 e. The second-order valence-corrected chi connectivity index (χ2v) is 4.20. The lowest BCUT2D eigenvalue weighted by atomic mass is 10.1. The van der Waals surface area contributed by atoms with E-state index in [2.05, 4.69) is 15.0 Å². The summed E-state index contributed by atoms with van der Waals surface area (Å²) in [5.41, 5.74) is 5.64. The zero-order valence-corrected chi connectivity index (χ0v) is 9.37. The van der Waals surface area contributed by atoms with Gasteiger partial charge in [-0.25, -0.2) is 4.98 Å². The van der Waals surface area contributed by atoms with E-state index < -0.39 is 18.0 Å². The molecule has 0 bridgehead atoms. The number of nitrogen functional groups attached to an aromatic ring is 1. The zero-order valence-electron chi connectivity index (χ0n) is 11.4. The quantitative estimate of drug-likeness (QED) is 0.640. The molecule has 0 amide bonds. The zero-order chi connectivity index (χ0) is 14.5. The van der Waals surface area contributed by atoms with Crippen LogP contribution in [0.4, 0.5) is 5.95 Å². The average Bonchev–Trinajstić information content (AvgIpc) is 2.92. The van der Waals surface area contributed by atoms with Crippen LogP contribution in [-0.2, 0) is 0 Å². The molecule has 7 heteroatoms. The van der Waals surface area contributed by atoms with E-state index in [-0.39, 0.29) is 17.5 Å². The Hall–Kier alpha value is -2.15. The van der Waals surface area contributed by atoms with Gasteiger partial charge in [0.2, 0.25) is 5.95 Å². The number of rotatable bonds is 2. The third kappa shape index (κ3) is 1.60. The summed E-state index contributed by atoms with van der Waals surface area (Å²) in [6, 6.07) is -0.221. The van der Waals surface area contributed by atoms with E-state index in [0.717, 1.165) is 0 Å². The molecule has 0 aliphatic heterocycles. The summed E-state index contributed by atoms with van der Waals surface area (Å²) >= 11 is 0. The molecule has 1 aliphatic rings. The molecule has 0 spiro atoms. The summed E-state index contributed by atoms with van der Waals surface area (Å²) < 4.78 is 16.3. The Bertz CT molecular complexity index is 745. The van der Waals surface area contributed by atoms with E-state index >= 15 is 0 Å². The number of nitrogens with two attached hydrogens (primary N) is 1. The van der Waals surface area contributed by atoms with Crippen molar-refractivity contribution >= 4 is 17.1 Å². The van der Waals surface area contributed by atoms with Gasteiger partial charge in [0.15, 0.2) is 11.2 Å². The molecule has 1 aliphatic carbocycles. The predicted octanol–water partition coefficient (Wildman–Crippen LogP) is -0.189. The van der Waals surface area contributed by atoms with Gasteiger partial charge < -0.3 is 15.4 Å². The minimum Gasteiger partial charge on any atom is -0.396 e. The highest BCUT2D eigenvalue weighted by Gasteiger charge is 2.22. The molecule has 0 saturated carbocycles. The highest BCUT2D eigenvalue weighted by atomic mass is 16.3. The Morgan fingerprint density at radius 3 is 3.22 bits per heavy atom. The van der Waals surface area contributed by atoms with Crippen LogP contribution in [0.3, 0.4) is 0 Å². The minimum absolute atomic E-state index is 0.000245. The van der Waals surface area contributed by atoms with Gasteiger partial charge in [0.25, 0.3) is 5.56 Å². The summed E-state index contributed by atoms with van der Waals surface area (Å²) in [4.78, 5) is 22.1. The van der Waals surface area contributed by atoms with Gasteiger partial charge in [-0.3, -0.25) is 9.78 Å². The average molecular weight is 250 g/mol. The molecule has 0 saturated heterocycles. The Balaban J connectivity index is 2.01. The number of nitrogens with one attached hydrogen (secondary N) is 1. The third-order valence-corrected chi connectivity index (χ3v) is 3.03. The molecule has 2 unspecified atom stereocenters. The number of nitrogens with zero attached hydrogens (tertiary/aromatic N) is 3. The number of aliphatic hydroxyl groups is 1. The molecule has 0 radical (unpaired) electrons. The highest BCUT2D eigenvalue weighted by Crippen LogP contribution is 2.29. The van der Waals surface area contributed by atoms with E-state index in [9.17, 15) is 9.90 Å². The first-order valence-corrected chi connectivity index (χ1v) is 5.49. The van der Waals surface area contributed by atoms with Crippen LogP contribution in [-0.4, -0.2) is 31.2 Å². The van der Waals surface area contributed by atoms with E-state index in [1.807, 2.05) is 0 Å². The van der Waals surface area contributed by atoms with Gasteiger partial charge in [-0.1, -0.05) is 12.2 Å². The van der Waals surface area contributed by atoms with E-state index in [4.69, 9.17) is 8.48 Å². The van der Waals surface area contributed by atoms with Crippen molar-refractivity contribution in [3.05, 3.63) is 28.8 Å². The van der Waals surface area contributed by atoms with Gasteiger partial charge in [0.05, 0.1) is 15.1 Å². The van der Waals surface area contributed by atoms with Crippen molar-refractivity contribution in [2.24, 2.45) is 5.92 Å². The number of aromatic nitrogens is 4. The van der Waals surface area contributed by atoms with Crippen LogP contribution in [0.15, 0.2) is 23.3 Å². The standard InChI is InChI=1S/C11H13N5O2/c12-11-14-9-8(10(18)15-11)13-5-16(9)7-2-1-6(3-7)4-17/h1-2,5-7,17H,3-4H2,(H3,12,14,15,18)/i4D2,5+1. The molecule has 4 N–H and O–H groups in total. The van der Waals surface area contributed by atoms with E-state index in [1.165, 1.54) is 6.33 Å². The van der Waals surface area contributed by atoms with Crippen molar-refractivity contribution in [3.63, 3.8) is 0 Å². The molecule has 0 fully saturated rings. The summed E-state index contributed by atoms with van der Waals surface area (Å²) in [5, 5.41) is 9.40. The van der Waals surface area contributed by atoms with E-state index in [1.54, 1.807) is 16.7 Å². The van der Waals surface area contributed by atoms with Gasteiger partial charge in [-0.15, -0.1) is 0 Å². The number of anilines is 1. The first kappa shape index (κ1) is 8.87. The van der Waals surface area contributed by atoms with Gasteiger partial charge in [0.1, 0.15) is 0 Å². The first-order chi connectivity index (χ1) is 9.36. The summed E-state index contributed by atoms with van der Waals surface area (Å²) in [6.45, 7) is -2.27. The normalized spacial score (nSPS) is 25.4. The number of fused-ring (bicyclic) bond motifs is 1. The number of allylic oxidation sites excluding steroid dienone is 1. The van der Waals surface area contributed by atoms with Crippen molar-refractivity contribution in [3.8, 4) is 0 Å². The van der Waals surface area contributed by atoms with Gasteiger partial charge in [-0.2, -0.15) is 4.98 Å². The van der Waals surface area contributed by atoms with Crippen molar-refractivity contribution in [1.82, 2.24) is 19.5 Å². The summed E-state index contributed by atoms with van der Waals surface area (Å²) in [7, 11) is 0. The first-order valence-electron chi connectivity index (χ1n) is 6.49. The van der Waals surface area contributed by atoms with Crippen LogP contribution in [0.2, 0.25) is 0 Å². The van der Waals surface area contributed by atoms with E-state index in [0.29, 0.717) is 12.1 Å². The number of hydrogen-bond donors (Lipinski definition) is 3. The number of aromatic amines is 1. The monoisotopic (exact) mass is 250 g/mol. The molecule has 2 aromatic rings. The molecule has 7 nitrogen and oxygen atoms in total. The van der Waals surface area contributed by atoms with Crippen LogP contribution in [0.25, 0.3) is 11.2 Å². The molecular formula is C11H13N5O2. The lowest BCUT2D eigenvalue weighted by molar-refractivity contribution is 0.244. The molecule has 0 aromatic carbocycles. The number of H-pyrrole nitrogens is 1. The maximum absolute atomic E-state index is 11.7. The molecule has 94 valence electrons. The minimum atomic E-state index is -2.27. The van der Waals surface area contributed by atoms with Crippen molar-refractivity contribution in [1.29, 1.82) is 0 Å².